The van der Waals surface area contributed by atoms with Gasteiger partial charge in [0.1, 0.15) is 0 Å². The fourth-order valence-corrected chi connectivity index (χ4v) is 1.84. The summed E-state index contributed by atoms with van der Waals surface area (Å²) in [4.78, 5) is 0. The van der Waals surface area contributed by atoms with Gasteiger partial charge in [-0.2, -0.15) is 8.42 Å². The van der Waals surface area contributed by atoms with Crippen molar-refractivity contribution in [3.8, 4) is 0 Å². The predicted molar refractivity (Wildman–Crippen MR) is 47.7 cm³/mol. The van der Waals surface area contributed by atoms with Crippen LogP contribution in [0.5, 0.6) is 0 Å². The topological polar surface area (TPSA) is 54.4 Å². The molecule has 0 saturated heterocycles. The third kappa shape index (κ3) is 6.84. The van der Waals surface area contributed by atoms with Crippen LogP contribution in [0.1, 0.15) is 33.1 Å². The molecular formula is C6H15O3RbS. The van der Waals surface area contributed by atoms with Gasteiger partial charge in [0.05, 0.1) is 5.25 Å². The summed E-state index contributed by atoms with van der Waals surface area (Å²) in [5.74, 6) is 0. The van der Waals surface area contributed by atoms with E-state index in [1.807, 2.05) is 6.92 Å². The second-order valence-corrected chi connectivity index (χ2v) is 4.03. The van der Waals surface area contributed by atoms with E-state index in [0.717, 1.165) is 6.42 Å². The van der Waals surface area contributed by atoms with E-state index < -0.39 is 15.4 Å². The molecule has 0 aromatic heterocycles. The Hall–Kier alpha value is 1.72. The van der Waals surface area contributed by atoms with E-state index in [2.05, 4.69) is 0 Å². The summed E-state index contributed by atoms with van der Waals surface area (Å²) in [6.07, 6.45) is 1.83. The molecule has 0 aromatic carbocycles. The van der Waals surface area contributed by atoms with Gasteiger partial charge in [-0.1, -0.05) is 20.3 Å². The average molecular weight is 253 g/mol. The molecule has 0 rings (SSSR count). The van der Waals surface area contributed by atoms with Crippen LogP contribution in [0.15, 0.2) is 0 Å². The Balaban J connectivity index is 0. The monoisotopic (exact) mass is 252 g/mol. The van der Waals surface area contributed by atoms with Crippen LogP contribution in [0, 0.1) is 0 Å². The van der Waals surface area contributed by atoms with Crippen molar-refractivity contribution >= 4 is 68.3 Å². The van der Waals surface area contributed by atoms with Gasteiger partial charge in [0.2, 0.25) is 0 Å². The first-order valence-corrected chi connectivity index (χ1v) is 4.99. The van der Waals surface area contributed by atoms with Gasteiger partial charge in [-0.25, -0.2) is 0 Å². The molecule has 0 heterocycles. The molecule has 1 atom stereocenters. The van der Waals surface area contributed by atoms with Crippen molar-refractivity contribution in [1.82, 2.24) is 0 Å². The summed E-state index contributed by atoms with van der Waals surface area (Å²) in [6.45, 7) is 3.65. The van der Waals surface area contributed by atoms with Gasteiger partial charge in [-0.05, 0) is 12.8 Å². The van der Waals surface area contributed by atoms with E-state index >= 15 is 0 Å². The summed E-state index contributed by atoms with van der Waals surface area (Å²) in [5.41, 5.74) is 0. The van der Waals surface area contributed by atoms with Crippen molar-refractivity contribution in [3.63, 3.8) is 0 Å². The molecule has 0 fully saturated rings. The van der Waals surface area contributed by atoms with Crippen LogP contribution in [0.25, 0.3) is 0 Å². The molecule has 0 radical (unpaired) electrons. The second-order valence-electron chi connectivity index (χ2n) is 2.33. The molecule has 0 bridgehead atoms. The van der Waals surface area contributed by atoms with Crippen molar-refractivity contribution in [2.45, 2.75) is 38.4 Å². The van der Waals surface area contributed by atoms with Gasteiger partial charge in [-0.15, -0.1) is 0 Å². The summed E-state index contributed by atoms with van der Waals surface area (Å²) in [5, 5.41) is -0.558. The Morgan fingerprint density at radius 1 is 1.36 bits per heavy atom. The SMILES string of the molecule is CCCC(CC)S(=O)(=O)O.[RbH]. The van der Waals surface area contributed by atoms with Crippen LogP contribution in [0.2, 0.25) is 0 Å². The Morgan fingerprint density at radius 2 is 1.82 bits per heavy atom. The molecule has 0 amide bonds. The van der Waals surface area contributed by atoms with Gasteiger partial charge < -0.3 is 0 Å². The van der Waals surface area contributed by atoms with Gasteiger partial charge in [0.25, 0.3) is 10.1 Å². The van der Waals surface area contributed by atoms with Crippen molar-refractivity contribution in [2.75, 3.05) is 0 Å². The minimum atomic E-state index is -3.78. The third-order valence-corrected chi connectivity index (χ3v) is 2.90. The molecule has 5 heteroatoms. The van der Waals surface area contributed by atoms with Crippen LogP contribution in [-0.4, -0.2) is 76.4 Å². The van der Waals surface area contributed by atoms with Crippen LogP contribution >= 0.6 is 0 Å². The Morgan fingerprint density at radius 3 is 1.91 bits per heavy atom. The maximum absolute atomic E-state index is 10.5. The molecule has 1 N–H and O–H groups in total. The molecule has 0 spiro atoms. The summed E-state index contributed by atoms with van der Waals surface area (Å²) in [7, 11) is -3.78. The molecule has 0 aliphatic rings. The maximum atomic E-state index is 10.5. The fraction of sp³-hybridized carbons (Fsp3) is 1.00. The predicted octanol–water partition coefficient (Wildman–Crippen LogP) is 0.804. The first-order valence-electron chi connectivity index (χ1n) is 3.48. The number of hydrogen-bond donors (Lipinski definition) is 1. The summed E-state index contributed by atoms with van der Waals surface area (Å²) in [6, 6.07) is 0. The molecule has 64 valence electrons. The number of hydrogen-bond acceptors (Lipinski definition) is 2. The fourth-order valence-electron chi connectivity index (χ4n) is 0.886. The van der Waals surface area contributed by atoms with Gasteiger partial charge >= 0.3 is 58.2 Å². The van der Waals surface area contributed by atoms with Crippen LogP contribution < -0.4 is 0 Å². The molecule has 0 aliphatic carbocycles. The molecule has 3 nitrogen and oxygen atoms in total. The van der Waals surface area contributed by atoms with Crippen molar-refractivity contribution in [1.29, 1.82) is 0 Å². The van der Waals surface area contributed by atoms with E-state index in [0.29, 0.717) is 12.8 Å². The van der Waals surface area contributed by atoms with E-state index in [4.69, 9.17) is 4.55 Å². The molecule has 11 heavy (non-hydrogen) atoms. The Kier molecular flexibility index (Phi) is 9.88. The molecule has 0 aliphatic heterocycles. The van der Waals surface area contributed by atoms with Gasteiger partial charge in [0, 0.05) is 0 Å². The van der Waals surface area contributed by atoms with Gasteiger partial charge in [0.15, 0.2) is 0 Å². The van der Waals surface area contributed by atoms with E-state index in [-0.39, 0.29) is 58.2 Å². The van der Waals surface area contributed by atoms with Crippen LogP contribution in [0.3, 0.4) is 0 Å². The average Bonchev–Trinajstić information content (AvgIpc) is 1.80. The molecular weight excluding hydrogens is 238 g/mol. The number of rotatable bonds is 4. The minimum absolute atomic E-state index is 0. The molecule has 0 saturated carbocycles. The van der Waals surface area contributed by atoms with Crippen molar-refractivity contribution < 1.29 is 13.0 Å². The second kappa shape index (κ2) is 7.15. The summed E-state index contributed by atoms with van der Waals surface area (Å²) >= 11 is 0. The third-order valence-electron chi connectivity index (χ3n) is 1.49. The zero-order valence-electron chi connectivity index (χ0n) is 6.37. The Bertz CT molecular complexity index is 176. The first-order chi connectivity index (χ1) is 4.52. The molecule has 1 unspecified atom stereocenters. The zero-order valence-corrected chi connectivity index (χ0v) is 7.19. The Labute approximate surface area is 117 Å². The zero-order chi connectivity index (χ0) is 8.20. The van der Waals surface area contributed by atoms with Crippen molar-refractivity contribution in [3.05, 3.63) is 0 Å². The quantitative estimate of drug-likeness (QED) is 0.754. The van der Waals surface area contributed by atoms with E-state index in [1.54, 1.807) is 6.92 Å². The molecule has 0 aromatic rings. The van der Waals surface area contributed by atoms with Gasteiger partial charge in [-0.3, -0.25) is 4.55 Å². The first kappa shape index (κ1) is 15.2. The van der Waals surface area contributed by atoms with E-state index in [9.17, 15) is 8.42 Å². The van der Waals surface area contributed by atoms with E-state index in [1.165, 1.54) is 0 Å². The summed E-state index contributed by atoms with van der Waals surface area (Å²) < 4.78 is 29.6. The van der Waals surface area contributed by atoms with Crippen LogP contribution in [-0.2, 0) is 10.1 Å². The van der Waals surface area contributed by atoms with Crippen LogP contribution in [0.4, 0.5) is 0 Å². The normalized spacial score (nSPS) is 13.7. The van der Waals surface area contributed by atoms with Crippen molar-refractivity contribution in [2.24, 2.45) is 0 Å². The standard InChI is InChI=1S/C6H14O3S.Rb.H/c1-3-5-6(4-2)10(7,8)9;;/h6H,3-5H2,1-2H3,(H,7,8,9);;.